The zero-order valence-corrected chi connectivity index (χ0v) is 10.5. The predicted molar refractivity (Wildman–Crippen MR) is 67.2 cm³/mol. The highest BCUT2D eigenvalue weighted by Gasteiger charge is 2.03. The fourth-order valence-electron chi connectivity index (χ4n) is 1.39. The lowest BCUT2D eigenvalue weighted by Gasteiger charge is -2.07. The van der Waals surface area contributed by atoms with Gasteiger partial charge in [-0.2, -0.15) is 0 Å². The molecule has 0 unspecified atom stereocenters. The van der Waals surface area contributed by atoms with Crippen LogP contribution in [0.25, 0.3) is 11.0 Å². The van der Waals surface area contributed by atoms with Gasteiger partial charge in [0.2, 0.25) is 0 Å². The molecule has 0 saturated heterocycles. The lowest BCUT2D eigenvalue weighted by atomic mass is 10.3. The lowest BCUT2D eigenvalue weighted by molar-refractivity contribution is 0.866. The van der Waals surface area contributed by atoms with Crippen molar-refractivity contribution in [2.24, 2.45) is 0 Å². The number of fused-ring (bicyclic) bond motifs is 1. The summed E-state index contributed by atoms with van der Waals surface area (Å²) < 4.78 is 2.42. The van der Waals surface area contributed by atoms with Crippen molar-refractivity contribution in [1.29, 1.82) is 0 Å². The van der Waals surface area contributed by atoms with Crippen molar-refractivity contribution in [3.8, 4) is 0 Å². The van der Waals surface area contributed by atoms with Gasteiger partial charge in [0.15, 0.2) is 0 Å². The van der Waals surface area contributed by atoms with Gasteiger partial charge in [-0.25, -0.2) is 4.98 Å². The van der Waals surface area contributed by atoms with Crippen LogP contribution in [0, 0.1) is 0 Å². The van der Waals surface area contributed by atoms with Crippen LogP contribution in [0.3, 0.4) is 0 Å². The maximum Gasteiger partial charge on any atom is 0.252 e. The van der Waals surface area contributed by atoms with Gasteiger partial charge in [-0.15, -0.1) is 11.8 Å². The van der Waals surface area contributed by atoms with Crippen molar-refractivity contribution in [3.63, 3.8) is 0 Å². The van der Waals surface area contributed by atoms with E-state index in [0.29, 0.717) is 5.88 Å². The molecule has 0 aliphatic rings. The van der Waals surface area contributed by atoms with E-state index in [0.717, 1.165) is 15.6 Å². The number of nitrogens with zero attached hydrogens (tertiary/aromatic N) is 2. The zero-order valence-electron chi connectivity index (χ0n) is 8.11. The Kier molecular flexibility index (Phi) is 3.11. The summed E-state index contributed by atoms with van der Waals surface area (Å²) in [5.41, 5.74) is 0.716. The first kappa shape index (κ1) is 10.7. The fourth-order valence-corrected chi connectivity index (χ4v) is 2.20. The Balaban J connectivity index is 2.78. The predicted octanol–water partition coefficient (Wildman–Crippen LogP) is 2.48. The van der Waals surface area contributed by atoms with E-state index in [4.69, 9.17) is 0 Å². The molecule has 0 spiro atoms. The van der Waals surface area contributed by atoms with Crippen LogP contribution in [0.15, 0.2) is 33.7 Å². The van der Waals surface area contributed by atoms with Crippen molar-refractivity contribution in [1.82, 2.24) is 9.55 Å². The molecule has 0 aliphatic carbocycles. The van der Waals surface area contributed by atoms with E-state index in [9.17, 15) is 4.79 Å². The Morgan fingerprint density at radius 3 is 2.87 bits per heavy atom. The van der Waals surface area contributed by atoms with Crippen molar-refractivity contribution in [2.75, 3.05) is 6.26 Å². The summed E-state index contributed by atoms with van der Waals surface area (Å²) in [6.45, 7) is 0. The molecular formula is C10H9BrN2OS. The molecule has 5 heteroatoms. The number of hydrogen-bond acceptors (Lipinski definition) is 3. The van der Waals surface area contributed by atoms with Crippen LogP contribution in [0.5, 0.6) is 0 Å². The second kappa shape index (κ2) is 4.37. The molecule has 0 aromatic carbocycles. The maximum absolute atomic E-state index is 11.6. The molecule has 0 amide bonds. The Morgan fingerprint density at radius 2 is 2.13 bits per heavy atom. The standard InChI is InChI=1S/C10H9BrN2OS/c1-15-6-13-9(14)5-3-7-2-4-8(11)12-10(7)13/h2-5H,6H2,1H3. The van der Waals surface area contributed by atoms with Crippen LogP contribution >= 0.6 is 27.7 Å². The molecule has 0 bridgehead atoms. The number of halogens is 1. The van der Waals surface area contributed by atoms with Gasteiger partial charge < -0.3 is 0 Å². The Labute approximate surface area is 99.6 Å². The van der Waals surface area contributed by atoms with Gasteiger partial charge in [0.1, 0.15) is 10.3 Å². The van der Waals surface area contributed by atoms with E-state index >= 15 is 0 Å². The number of rotatable bonds is 2. The van der Waals surface area contributed by atoms with E-state index < -0.39 is 0 Å². The smallest absolute Gasteiger partial charge is 0.252 e. The highest BCUT2D eigenvalue weighted by molar-refractivity contribution is 9.10. The summed E-state index contributed by atoms with van der Waals surface area (Å²) in [7, 11) is 0. The minimum Gasteiger partial charge on any atom is -0.283 e. The number of thioether (sulfide) groups is 1. The van der Waals surface area contributed by atoms with E-state index in [2.05, 4.69) is 20.9 Å². The minimum atomic E-state index is -0.0116. The van der Waals surface area contributed by atoms with Gasteiger partial charge in [-0.1, -0.05) is 0 Å². The van der Waals surface area contributed by atoms with Gasteiger partial charge in [-0.3, -0.25) is 9.36 Å². The average molecular weight is 285 g/mol. The fraction of sp³-hybridized carbons (Fsp3) is 0.200. The SMILES string of the molecule is CSCn1c(=O)ccc2ccc(Br)nc21. The highest BCUT2D eigenvalue weighted by atomic mass is 79.9. The lowest BCUT2D eigenvalue weighted by Crippen LogP contribution is -2.18. The Morgan fingerprint density at radius 1 is 1.40 bits per heavy atom. The zero-order chi connectivity index (χ0) is 10.8. The van der Waals surface area contributed by atoms with E-state index in [1.165, 1.54) is 0 Å². The number of pyridine rings is 2. The molecule has 78 valence electrons. The molecule has 0 radical (unpaired) electrons. The monoisotopic (exact) mass is 284 g/mol. The third-order valence-electron chi connectivity index (χ3n) is 2.06. The van der Waals surface area contributed by atoms with E-state index in [1.807, 2.05) is 18.4 Å². The molecule has 0 atom stereocenters. The molecule has 0 saturated carbocycles. The molecule has 2 heterocycles. The third-order valence-corrected chi connectivity index (χ3v) is 3.01. The molecular weight excluding hydrogens is 276 g/mol. The molecule has 2 aromatic heterocycles. The van der Waals surface area contributed by atoms with Crippen LogP contribution in [0.2, 0.25) is 0 Å². The molecule has 2 rings (SSSR count). The first-order valence-electron chi connectivity index (χ1n) is 4.37. The summed E-state index contributed by atoms with van der Waals surface area (Å²) in [6, 6.07) is 7.20. The summed E-state index contributed by atoms with van der Waals surface area (Å²) in [5, 5.41) is 0.979. The van der Waals surface area contributed by atoms with Crippen molar-refractivity contribution in [2.45, 2.75) is 5.88 Å². The molecule has 3 nitrogen and oxygen atoms in total. The van der Waals surface area contributed by atoms with Crippen molar-refractivity contribution >= 4 is 38.7 Å². The molecule has 0 N–H and O–H groups in total. The van der Waals surface area contributed by atoms with Gasteiger partial charge in [-0.05, 0) is 40.4 Å². The second-order valence-electron chi connectivity index (χ2n) is 3.06. The number of aromatic nitrogens is 2. The van der Waals surface area contributed by atoms with Crippen LogP contribution in [0.1, 0.15) is 0 Å². The van der Waals surface area contributed by atoms with Crippen LogP contribution < -0.4 is 5.56 Å². The first-order chi connectivity index (χ1) is 7.22. The third kappa shape index (κ3) is 2.08. The largest absolute Gasteiger partial charge is 0.283 e. The topological polar surface area (TPSA) is 34.9 Å². The van der Waals surface area contributed by atoms with Crippen LogP contribution in [-0.2, 0) is 5.88 Å². The highest BCUT2D eigenvalue weighted by Crippen LogP contribution is 2.15. The Bertz CT molecular complexity index is 553. The van der Waals surface area contributed by atoms with Gasteiger partial charge >= 0.3 is 0 Å². The first-order valence-corrected chi connectivity index (χ1v) is 6.56. The van der Waals surface area contributed by atoms with Crippen LogP contribution in [-0.4, -0.2) is 15.8 Å². The normalized spacial score (nSPS) is 10.8. The van der Waals surface area contributed by atoms with Gasteiger partial charge in [0.05, 0.1) is 5.88 Å². The molecule has 15 heavy (non-hydrogen) atoms. The Hall–Kier alpha value is -0.810. The van der Waals surface area contributed by atoms with Gasteiger partial charge in [0.25, 0.3) is 5.56 Å². The number of hydrogen-bond donors (Lipinski definition) is 0. The average Bonchev–Trinajstić information content (AvgIpc) is 2.23. The molecule has 0 aliphatic heterocycles. The molecule has 0 fully saturated rings. The van der Waals surface area contributed by atoms with E-state index in [-0.39, 0.29) is 5.56 Å². The minimum absolute atomic E-state index is 0.0116. The summed E-state index contributed by atoms with van der Waals surface area (Å²) in [6.07, 6.45) is 1.96. The summed E-state index contributed by atoms with van der Waals surface area (Å²) in [5.74, 6) is 0.625. The van der Waals surface area contributed by atoms with Crippen molar-refractivity contribution in [3.05, 3.63) is 39.2 Å². The van der Waals surface area contributed by atoms with Crippen LogP contribution in [0.4, 0.5) is 0 Å². The summed E-state index contributed by atoms with van der Waals surface area (Å²) >= 11 is 4.91. The maximum atomic E-state index is 11.6. The van der Waals surface area contributed by atoms with E-state index in [1.54, 1.807) is 28.5 Å². The van der Waals surface area contributed by atoms with Gasteiger partial charge in [0, 0.05) is 11.5 Å². The quantitative estimate of drug-likeness (QED) is 0.795. The summed E-state index contributed by atoms with van der Waals surface area (Å²) in [4.78, 5) is 16.0. The van der Waals surface area contributed by atoms with Crippen molar-refractivity contribution < 1.29 is 0 Å². The second-order valence-corrected chi connectivity index (χ2v) is 4.71. The molecule has 2 aromatic rings.